The van der Waals surface area contributed by atoms with E-state index < -0.39 is 0 Å². The van der Waals surface area contributed by atoms with Crippen LogP contribution in [0.15, 0.2) is 24.0 Å². The Morgan fingerprint density at radius 3 is 3.09 bits per heavy atom. The molecule has 0 saturated carbocycles. The van der Waals surface area contributed by atoms with Crippen molar-refractivity contribution in [3.05, 3.63) is 24.0 Å². The molecule has 0 saturated heterocycles. The zero-order valence-electron chi connectivity index (χ0n) is 7.43. The van der Waals surface area contributed by atoms with E-state index in [0.717, 1.165) is 5.92 Å². The highest BCUT2D eigenvalue weighted by atomic mass is 14.8. The molecule has 1 heterocycles. The molecule has 1 aliphatic heterocycles. The highest BCUT2D eigenvalue weighted by Gasteiger charge is 2.01. The molecule has 0 aromatic heterocycles. The van der Waals surface area contributed by atoms with E-state index >= 15 is 0 Å². The van der Waals surface area contributed by atoms with Crippen molar-refractivity contribution in [2.24, 2.45) is 5.92 Å². The summed E-state index contributed by atoms with van der Waals surface area (Å²) in [6, 6.07) is 0. The molecule has 0 fully saturated rings. The fourth-order valence-corrected chi connectivity index (χ4v) is 1.34. The normalized spacial score (nSPS) is 17.5. The van der Waals surface area contributed by atoms with Crippen molar-refractivity contribution in [1.82, 2.24) is 5.32 Å². The second-order valence-electron chi connectivity index (χ2n) is 3.51. The summed E-state index contributed by atoms with van der Waals surface area (Å²) in [7, 11) is 0. The van der Waals surface area contributed by atoms with Crippen LogP contribution in [0.5, 0.6) is 0 Å². The van der Waals surface area contributed by atoms with Crippen molar-refractivity contribution in [2.45, 2.75) is 33.1 Å². The van der Waals surface area contributed by atoms with Crippen molar-refractivity contribution in [3.8, 4) is 0 Å². The number of nitrogens with one attached hydrogen (secondary N) is 1. The zero-order valence-corrected chi connectivity index (χ0v) is 7.43. The van der Waals surface area contributed by atoms with Crippen molar-refractivity contribution < 1.29 is 0 Å². The molecule has 62 valence electrons. The first-order valence-corrected chi connectivity index (χ1v) is 4.38. The lowest BCUT2D eigenvalue weighted by Gasteiger charge is -2.07. The number of rotatable bonds is 2. The summed E-state index contributed by atoms with van der Waals surface area (Å²) < 4.78 is 0. The maximum Gasteiger partial charge on any atom is -0.000352 e. The monoisotopic (exact) mass is 151 g/mol. The van der Waals surface area contributed by atoms with Crippen LogP contribution in [0, 0.1) is 5.92 Å². The summed E-state index contributed by atoms with van der Waals surface area (Å²) in [4.78, 5) is 0. The number of hydrogen-bond acceptors (Lipinski definition) is 1. The Labute approximate surface area is 69.2 Å². The van der Waals surface area contributed by atoms with Gasteiger partial charge in [-0.25, -0.2) is 0 Å². The molecule has 0 atom stereocenters. The predicted octanol–water partition coefficient (Wildman–Crippen LogP) is 2.81. The Morgan fingerprint density at radius 2 is 2.36 bits per heavy atom. The highest BCUT2D eigenvalue weighted by Crippen LogP contribution is 2.16. The summed E-state index contributed by atoms with van der Waals surface area (Å²) in [6.45, 7) is 4.53. The smallest absolute Gasteiger partial charge is 0.000352 e. The molecule has 0 aromatic rings. The first-order chi connectivity index (χ1) is 5.29. The lowest BCUT2D eigenvalue weighted by molar-refractivity contribution is 0.624. The molecule has 0 radical (unpaired) electrons. The second-order valence-corrected chi connectivity index (χ2v) is 3.51. The van der Waals surface area contributed by atoms with Gasteiger partial charge in [0.1, 0.15) is 0 Å². The minimum Gasteiger partial charge on any atom is -0.368 e. The Hall–Kier alpha value is -0.720. The van der Waals surface area contributed by atoms with Gasteiger partial charge in [0, 0.05) is 0 Å². The minimum atomic E-state index is 0.779. The van der Waals surface area contributed by atoms with Crippen LogP contribution in [-0.4, -0.2) is 0 Å². The summed E-state index contributed by atoms with van der Waals surface area (Å²) in [5, 5.41) is 3.16. The van der Waals surface area contributed by atoms with Crippen LogP contribution >= 0.6 is 0 Å². The lowest BCUT2D eigenvalue weighted by atomic mass is 10.0. The maximum absolute atomic E-state index is 3.16. The Kier molecular flexibility index (Phi) is 3.21. The van der Waals surface area contributed by atoms with Crippen molar-refractivity contribution in [1.29, 1.82) is 0 Å². The molecule has 0 unspecified atom stereocenters. The molecule has 11 heavy (non-hydrogen) atoms. The molecule has 0 bridgehead atoms. The minimum absolute atomic E-state index is 0.779. The van der Waals surface area contributed by atoms with Crippen LogP contribution < -0.4 is 5.32 Å². The molecule has 0 aliphatic carbocycles. The van der Waals surface area contributed by atoms with Gasteiger partial charge < -0.3 is 5.32 Å². The van der Waals surface area contributed by atoms with E-state index in [1.165, 1.54) is 19.3 Å². The van der Waals surface area contributed by atoms with Gasteiger partial charge in [-0.15, -0.1) is 0 Å². The number of allylic oxidation sites excluding steroid dienone is 2. The zero-order chi connectivity index (χ0) is 8.10. The number of hydrogen-bond donors (Lipinski definition) is 1. The second kappa shape index (κ2) is 4.22. The van der Waals surface area contributed by atoms with Crippen LogP contribution in [0.4, 0.5) is 0 Å². The van der Waals surface area contributed by atoms with Crippen molar-refractivity contribution in [2.75, 3.05) is 0 Å². The molecule has 1 nitrogen and oxygen atoms in total. The maximum atomic E-state index is 3.16. The van der Waals surface area contributed by atoms with Gasteiger partial charge in [0.25, 0.3) is 0 Å². The van der Waals surface area contributed by atoms with Gasteiger partial charge in [0.15, 0.2) is 0 Å². The topological polar surface area (TPSA) is 12.0 Å². The van der Waals surface area contributed by atoms with E-state index in [1.807, 2.05) is 6.20 Å². The Bertz CT molecular complexity index is 166. The van der Waals surface area contributed by atoms with E-state index in [-0.39, 0.29) is 0 Å². The van der Waals surface area contributed by atoms with Gasteiger partial charge in [-0.1, -0.05) is 25.5 Å². The van der Waals surface area contributed by atoms with Gasteiger partial charge in [-0.3, -0.25) is 0 Å². The molecule has 0 amide bonds. The van der Waals surface area contributed by atoms with Crippen molar-refractivity contribution in [3.63, 3.8) is 0 Å². The summed E-state index contributed by atoms with van der Waals surface area (Å²) >= 11 is 0. The SMILES string of the molecule is CC(C)CC1=CNC=CCC1. The lowest BCUT2D eigenvalue weighted by Crippen LogP contribution is -1.96. The molecule has 1 heteroatoms. The van der Waals surface area contributed by atoms with Gasteiger partial charge in [-0.05, 0) is 37.6 Å². The summed E-state index contributed by atoms with van der Waals surface area (Å²) in [5.74, 6) is 0.779. The Balaban J connectivity index is 2.39. The largest absolute Gasteiger partial charge is 0.368 e. The first kappa shape index (κ1) is 8.38. The molecule has 1 N–H and O–H groups in total. The summed E-state index contributed by atoms with van der Waals surface area (Å²) in [6.07, 6.45) is 9.99. The van der Waals surface area contributed by atoms with Crippen LogP contribution in [0.1, 0.15) is 33.1 Å². The fourth-order valence-electron chi connectivity index (χ4n) is 1.34. The van der Waals surface area contributed by atoms with Crippen LogP contribution in [0.2, 0.25) is 0 Å². The van der Waals surface area contributed by atoms with Crippen molar-refractivity contribution >= 4 is 0 Å². The molecular formula is C10H17N. The van der Waals surface area contributed by atoms with Gasteiger partial charge in [-0.2, -0.15) is 0 Å². The van der Waals surface area contributed by atoms with E-state index in [1.54, 1.807) is 5.57 Å². The average molecular weight is 151 g/mol. The van der Waals surface area contributed by atoms with E-state index in [4.69, 9.17) is 0 Å². The molecule has 1 aliphatic rings. The Morgan fingerprint density at radius 1 is 1.55 bits per heavy atom. The fraction of sp³-hybridized carbons (Fsp3) is 0.600. The molecule has 0 aromatic carbocycles. The molecule has 0 spiro atoms. The quantitative estimate of drug-likeness (QED) is 0.640. The van der Waals surface area contributed by atoms with Crippen LogP contribution in [-0.2, 0) is 0 Å². The third-order valence-electron chi connectivity index (χ3n) is 1.80. The van der Waals surface area contributed by atoms with E-state index in [0.29, 0.717) is 0 Å². The standard InChI is InChI=1S/C10H17N/c1-9(2)7-10-5-3-4-6-11-8-10/h4,6,8-9,11H,3,5,7H2,1-2H3. The average Bonchev–Trinajstić information content (AvgIpc) is 2.14. The first-order valence-electron chi connectivity index (χ1n) is 4.38. The van der Waals surface area contributed by atoms with Crippen LogP contribution in [0.25, 0.3) is 0 Å². The third-order valence-corrected chi connectivity index (χ3v) is 1.80. The molecular weight excluding hydrogens is 134 g/mol. The van der Waals surface area contributed by atoms with E-state index in [9.17, 15) is 0 Å². The van der Waals surface area contributed by atoms with Gasteiger partial charge in [0.05, 0.1) is 0 Å². The predicted molar refractivity (Wildman–Crippen MR) is 49.0 cm³/mol. The summed E-state index contributed by atoms with van der Waals surface area (Å²) in [5.41, 5.74) is 1.55. The van der Waals surface area contributed by atoms with E-state index in [2.05, 4.69) is 31.4 Å². The van der Waals surface area contributed by atoms with Crippen LogP contribution in [0.3, 0.4) is 0 Å². The molecule has 1 rings (SSSR count). The highest BCUT2D eigenvalue weighted by molar-refractivity contribution is 5.07. The van der Waals surface area contributed by atoms with Gasteiger partial charge >= 0.3 is 0 Å². The third kappa shape index (κ3) is 3.26. The van der Waals surface area contributed by atoms with Gasteiger partial charge in [0.2, 0.25) is 0 Å².